The zero-order valence-electron chi connectivity index (χ0n) is 13.1. The fourth-order valence-electron chi connectivity index (χ4n) is 4.14. The Kier molecular flexibility index (Phi) is 3.67. The van der Waals surface area contributed by atoms with Crippen LogP contribution in [-0.2, 0) is 12.8 Å². The third-order valence-electron chi connectivity index (χ3n) is 5.31. The molecule has 2 aromatic rings. The number of aryl methyl sites for hydroxylation is 1. The molecule has 2 heterocycles. The summed E-state index contributed by atoms with van der Waals surface area (Å²) in [6.07, 6.45) is 5.28. The van der Waals surface area contributed by atoms with Gasteiger partial charge in [0.25, 0.3) is 0 Å². The zero-order valence-corrected chi connectivity index (χ0v) is 13.1. The van der Waals surface area contributed by atoms with Gasteiger partial charge in [-0.05, 0) is 54.2 Å². The van der Waals surface area contributed by atoms with Gasteiger partial charge in [0.2, 0.25) is 0 Å². The Bertz CT molecular complexity index is 635. The minimum atomic E-state index is 0.700. The SMILES string of the molecule is COc1ccc2c(c1)CC[C@H]1CN(CCc3ccco3)C[C@@H]21. The average Bonchev–Trinajstić information content (AvgIpc) is 3.21. The van der Waals surface area contributed by atoms with E-state index in [9.17, 15) is 0 Å². The molecule has 1 aromatic carbocycles. The van der Waals surface area contributed by atoms with Crippen LogP contribution in [0.15, 0.2) is 41.0 Å². The second kappa shape index (κ2) is 5.81. The third-order valence-corrected chi connectivity index (χ3v) is 5.31. The molecule has 1 fully saturated rings. The maximum absolute atomic E-state index is 5.45. The quantitative estimate of drug-likeness (QED) is 0.864. The first-order valence-corrected chi connectivity index (χ1v) is 8.25. The van der Waals surface area contributed by atoms with Crippen molar-refractivity contribution in [3.05, 3.63) is 53.5 Å². The number of benzene rings is 1. The van der Waals surface area contributed by atoms with E-state index < -0.39 is 0 Å². The highest BCUT2D eigenvalue weighted by Crippen LogP contribution is 2.42. The van der Waals surface area contributed by atoms with Crippen molar-refractivity contribution in [2.75, 3.05) is 26.7 Å². The molecule has 0 bridgehead atoms. The monoisotopic (exact) mass is 297 g/mol. The summed E-state index contributed by atoms with van der Waals surface area (Å²) in [6, 6.07) is 10.7. The summed E-state index contributed by atoms with van der Waals surface area (Å²) in [4.78, 5) is 2.61. The van der Waals surface area contributed by atoms with Gasteiger partial charge in [0, 0.05) is 32.0 Å². The number of ether oxygens (including phenoxy) is 1. The molecule has 2 aliphatic rings. The van der Waals surface area contributed by atoms with Crippen LogP contribution in [-0.4, -0.2) is 31.6 Å². The van der Waals surface area contributed by atoms with Gasteiger partial charge < -0.3 is 14.1 Å². The summed E-state index contributed by atoms with van der Waals surface area (Å²) in [7, 11) is 1.75. The molecule has 3 nitrogen and oxygen atoms in total. The van der Waals surface area contributed by atoms with Gasteiger partial charge in [0.1, 0.15) is 11.5 Å². The summed E-state index contributed by atoms with van der Waals surface area (Å²) >= 11 is 0. The molecule has 0 unspecified atom stereocenters. The van der Waals surface area contributed by atoms with Gasteiger partial charge in [-0.2, -0.15) is 0 Å². The highest BCUT2D eigenvalue weighted by molar-refractivity contribution is 5.40. The number of hydrogen-bond acceptors (Lipinski definition) is 3. The predicted molar refractivity (Wildman–Crippen MR) is 86.4 cm³/mol. The fourth-order valence-corrected chi connectivity index (χ4v) is 4.14. The second-order valence-electron chi connectivity index (χ2n) is 6.56. The summed E-state index contributed by atoms with van der Waals surface area (Å²) in [5, 5.41) is 0. The summed E-state index contributed by atoms with van der Waals surface area (Å²) in [6.45, 7) is 3.52. The molecule has 3 heteroatoms. The normalized spacial score (nSPS) is 24.0. The maximum atomic E-state index is 5.45. The van der Waals surface area contributed by atoms with E-state index in [4.69, 9.17) is 9.15 Å². The van der Waals surface area contributed by atoms with Crippen molar-refractivity contribution in [3.8, 4) is 5.75 Å². The Morgan fingerprint density at radius 1 is 1.27 bits per heavy atom. The summed E-state index contributed by atoms with van der Waals surface area (Å²) < 4.78 is 10.8. The van der Waals surface area contributed by atoms with Gasteiger partial charge in [0.15, 0.2) is 0 Å². The highest BCUT2D eigenvalue weighted by Gasteiger charge is 2.37. The molecule has 0 radical (unpaired) electrons. The van der Waals surface area contributed by atoms with Crippen LogP contribution in [0.1, 0.15) is 29.2 Å². The first-order chi connectivity index (χ1) is 10.8. The Morgan fingerprint density at radius 2 is 2.23 bits per heavy atom. The van der Waals surface area contributed by atoms with E-state index in [-0.39, 0.29) is 0 Å². The number of furan rings is 1. The van der Waals surface area contributed by atoms with Crippen molar-refractivity contribution >= 4 is 0 Å². The first-order valence-electron chi connectivity index (χ1n) is 8.25. The van der Waals surface area contributed by atoms with Crippen LogP contribution in [0.2, 0.25) is 0 Å². The molecule has 1 saturated heterocycles. The van der Waals surface area contributed by atoms with Crippen molar-refractivity contribution in [1.29, 1.82) is 0 Å². The molecule has 0 saturated carbocycles. The van der Waals surface area contributed by atoms with Crippen molar-refractivity contribution in [3.63, 3.8) is 0 Å². The standard InChI is InChI=1S/C19H23NO2/c1-21-17-6-7-18-14(11-17)4-5-15-12-20(13-19(15)18)9-8-16-3-2-10-22-16/h2-3,6-7,10-11,15,19H,4-5,8-9,12-13H2,1H3/t15-,19+/m0/s1. The van der Waals surface area contributed by atoms with Gasteiger partial charge in [-0.3, -0.25) is 0 Å². The lowest BCUT2D eigenvalue weighted by Crippen LogP contribution is -2.23. The Morgan fingerprint density at radius 3 is 3.05 bits per heavy atom. The van der Waals surface area contributed by atoms with E-state index in [1.807, 2.05) is 6.07 Å². The Hall–Kier alpha value is -1.74. The molecule has 4 rings (SSSR count). The molecule has 1 aliphatic heterocycles. The predicted octanol–water partition coefficient (Wildman–Crippen LogP) is 3.49. The number of hydrogen-bond donors (Lipinski definition) is 0. The smallest absolute Gasteiger partial charge is 0.119 e. The molecule has 22 heavy (non-hydrogen) atoms. The molecule has 2 atom stereocenters. The lowest BCUT2D eigenvalue weighted by atomic mass is 9.77. The van der Waals surface area contributed by atoms with E-state index in [1.165, 1.54) is 31.5 Å². The van der Waals surface area contributed by atoms with Crippen molar-refractivity contribution in [1.82, 2.24) is 4.90 Å². The van der Waals surface area contributed by atoms with Crippen LogP contribution >= 0.6 is 0 Å². The van der Waals surface area contributed by atoms with Crippen LogP contribution in [0.25, 0.3) is 0 Å². The lowest BCUT2D eigenvalue weighted by molar-refractivity contribution is 0.315. The summed E-state index contributed by atoms with van der Waals surface area (Å²) in [5.41, 5.74) is 3.05. The number of fused-ring (bicyclic) bond motifs is 3. The molecule has 0 amide bonds. The molecule has 1 aromatic heterocycles. The van der Waals surface area contributed by atoms with Crippen LogP contribution < -0.4 is 4.74 Å². The van der Waals surface area contributed by atoms with Gasteiger partial charge in [0.05, 0.1) is 13.4 Å². The molecule has 1 aliphatic carbocycles. The topological polar surface area (TPSA) is 25.6 Å². The Balaban J connectivity index is 1.46. The van der Waals surface area contributed by atoms with E-state index in [2.05, 4.69) is 29.2 Å². The van der Waals surface area contributed by atoms with Crippen LogP contribution in [0.4, 0.5) is 0 Å². The number of methoxy groups -OCH3 is 1. The Labute approximate surface area is 131 Å². The molecule has 0 spiro atoms. The minimum absolute atomic E-state index is 0.700. The van der Waals surface area contributed by atoms with Gasteiger partial charge in [-0.15, -0.1) is 0 Å². The van der Waals surface area contributed by atoms with Gasteiger partial charge >= 0.3 is 0 Å². The molecular weight excluding hydrogens is 274 g/mol. The first kappa shape index (κ1) is 13.9. The maximum Gasteiger partial charge on any atom is 0.119 e. The van der Waals surface area contributed by atoms with E-state index >= 15 is 0 Å². The van der Waals surface area contributed by atoms with Crippen LogP contribution in [0.3, 0.4) is 0 Å². The molecule has 116 valence electrons. The number of rotatable bonds is 4. The van der Waals surface area contributed by atoms with E-state index in [0.717, 1.165) is 30.4 Å². The number of nitrogens with zero attached hydrogens (tertiary/aromatic N) is 1. The molecular formula is C19H23NO2. The van der Waals surface area contributed by atoms with Crippen molar-refractivity contribution in [2.24, 2.45) is 5.92 Å². The van der Waals surface area contributed by atoms with Crippen molar-refractivity contribution in [2.45, 2.75) is 25.2 Å². The highest BCUT2D eigenvalue weighted by atomic mass is 16.5. The zero-order chi connectivity index (χ0) is 14.9. The second-order valence-corrected chi connectivity index (χ2v) is 6.56. The largest absolute Gasteiger partial charge is 0.497 e. The van der Waals surface area contributed by atoms with Crippen LogP contribution in [0, 0.1) is 5.92 Å². The van der Waals surface area contributed by atoms with Crippen LogP contribution in [0.5, 0.6) is 5.75 Å². The van der Waals surface area contributed by atoms with Crippen molar-refractivity contribution < 1.29 is 9.15 Å². The van der Waals surface area contributed by atoms with Gasteiger partial charge in [-0.25, -0.2) is 0 Å². The lowest BCUT2D eigenvalue weighted by Gasteiger charge is -2.27. The third kappa shape index (κ3) is 2.54. The van der Waals surface area contributed by atoms with E-state index in [1.54, 1.807) is 18.9 Å². The van der Waals surface area contributed by atoms with Gasteiger partial charge in [-0.1, -0.05) is 6.07 Å². The minimum Gasteiger partial charge on any atom is -0.497 e. The molecule has 0 N–H and O–H groups in total. The average molecular weight is 297 g/mol. The summed E-state index contributed by atoms with van der Waals surface area (Å²) in [5.74, 6) is 3.61. The van der Waals surface area contributed by atoms with E-state index in [0.29, 0.717) is 5.92 Å². The fraction of sp³-hybridized carbons (Fsp3) is 0.474. The number of likely N-dealkylation sites (tertiary alicyclic amines) is 1.